The predicted molar refractivity (Wildman–Crippen MR) is 69.8 cm³/mol. The van der Waals surface area contributed by atoms with Gasteiger partial charge in [-0.25, -0.2) is 13.2 Å². The van der Waals surface area contributed by atoms with E-state index in [1.54, 1.807) is 6.92 Å². The molecule has 0 radical (unpaired) electrons. The van der Waals surface area contributed by atoms with Gasteiger partial charge < -0.3 is 10.5 Å². The highest BCUT2D eigenvalue weighted by Crippen LogP contribution is 2.27. The molecule has 2 N–H and O–H groups in total. The Hall–Kier alpha value is -1.21. The van der Waals surface area contributed by atoms with Crippen molar-refractivity contribution in [2.45, 2.75) is 18.9 Å². The van der Waals surface area contributed by atoms with Crippen LogP contribution in [0.5, 0.6) is 0 Å². The zero-order valence-electron chi connectivity index (χ0n) is 10.4. The van der Waals surface area contributed by atoms with E-state index in [-0.39, 0.29) is 25.7 Å². The Morgan fingerprint density at radius 1 is 1.42 bits per heavy atom. The number of ether oxygens (including phenoxy) is 1. The number of alkyl halides is 1. The molecule has 1 atom stereocenters. The Morgan fingerprint density at radius 2 is 2.05 bits per heavy atom. The molecule has 0 aliphatic heterocycles. The molecule has 1 aromatic rings. The van der Waals surface area contributed by atoms with Gasteiger partial charge in [0, 0.05) is 5.56 Å². The minimum atomic E-state index is -1.92. The first-order chi connectivity index (χ1) is 8.44. The molecule has 1 rings (SSSR count). The summed E-state index contributed by atoms with van der Waals surface area (Å²) < 4.78 is 44.3. The summed E-state index contributed by atoms with van der Waals surface area (Å²) >= 11 is 0. The molecule has 108 valence electrons. The van der Waals surface area contributed by atoms with E-state index in [1.165, 1.54) is 6.07 Å². The number of hydrogen-bond donors (Lipinski definition) is 1. The van der Waals surface area contributed by atoms with Gasteiger partial charge in [-0.3, -0.25) is 4.79 Å². The molecule has 19 heavy (non-hydrogen) atoms. The molecule has 0 aliphatic rings. The van der Waals surface area contributed by atoms with Crippen LogP contribution in [0.4, 0.5) is 13.2 Å². The average molecular weight is 295 g/mol. The second kappa shape index (κ2) is 7.40. The van der Waals surface area contributed by atoms with E-state index in [2.05, 4.69) is 4.74 Å². The van der Waals surface area contributed by atoms with Crippen LogP contribution in [0.3, 0.4) is 0 Å². The summed E-state index contributed by atoms with van der Waals surface area (Å²) in [6, 6.07) is 3.25. The molecule has 0 unspecified atom stereocenters. The summed E-state index contributed by atoms with van der Waals surface area (Å²) in [6.45, 7) is 0.479. The summed E-state index contributed by atoms with van der Waals surface area (Å²) in [5.74, 6) is -3.15. The number of hydrogen-bond acceptors (Lipinski definition) is 3. The lowest BCUT2D eigenvalue weighted by Crippen LogP contribution is -2.42. The number of carbonyl (C=O) groups is 1. The monoisotopic (exact) mass is 295 g/mol. The molecule has 0 spiro atoms. The number of carbonyl (C=O) groups excluding carboxylic acids is 1. The molecular weight excluding hydrogens is 279 g/mol. The summed E-state index contributed by atoms with van der Waals surface area (Å²) in [7, 11) is 0. The number of benzene rings is 1. The molecule has 0 fully saturated rings. The molecule has 0 aliphatic carbocycles. The number of nitrogens with two attached hydrogens (primary N) is 1. The normalized spacial score (nSPS) is 13.3. The average Bonchev–Trinajstić information content (AvgIpc) is 2.32. The molecule has 1 aromatic carbocycles. The maximum absolute atomic E-state index is 13.5. The van der Waals surface area contributed by atoms with Crippen LogP contribution in [0, 0.1) is 11.6 Å². The molecule has 0 saturated carbocycles. The fourth-order valence-electron chi connectivity index (χ4n) is 1.57. The number of halogens is 3. The van der Waals surface area contributed by atoms with Gasteiger partial charge in [0.1, 0.15) is 6.67 Å². The zero-order chi connectivity index (χ0) is 13.8. The first kappa shape index (κ1) is 17.8. The van der Waals surface area contributed by atoms with E-state index in [1.807, 2.05) is 0 Å². The maximum atomic E-state index is 13.5. The fraction of sp³-hybridized carbons (Fsp3) is 0.417. The Bertz CT molecular complexity index is 445. The number of rotatable bonds is 5. The van der Waals surface area contributed by atoms with Crippen molar-refractivity contribution in [1.29, 1.82) is 0 Å². The third-order valence-corrected chi connectivity index (χ3v) is 2.49. The lowest BCUT2D eigenvalue weighted by molar-refractivity contribution is -0.144. The van der Waals surface area contributed by atoms with Gasteiger partial charge in [0.15, 0.2) is 11.6 Å². The van der Waals surface area contributed by atoms with Crippen LogP contribution in [0.2, 0.25) is 0 Å². The van der Waals surface area contributed by atoms with Gasteiger partial charge in [-0.1, -0.05) is 12.1 Å². The van der Waals surface area contributed by atoms with Gasteiger partial charge >= 0.3 is 5.97 Å². The molecule has 0 bridgehead atoms. The minimum Gasteiger partial charge on any atom is -0.466 e. The highest BCUT2D eigenvalue weighted by atomic mass is 32.1. The van der Waals surface area contributed by atoms with Gasteiger partial charge in [0.05, 0.1) is 18.6 Å². The number of esters is 1. The molecular formula is C12H16F3NO2S. The topological polar surface area (TPSA) is 52.3 Å². The molecule has 0 aromatic heterocycles. The van der Waals surface area contributed by atoms with Gasteiger partial charge in [0.2, 0.25) is 0 Å². The first-order valence-electron chi connectivity index (χ1n) is 5.39. The standard InChI is InChI=1S/C12H14F3NO2.H2S/c1-2-18-10(17)6-12(16,7-13)8-4-3-5-9(14)11(8)15;/h3-5H,2,6-7,16H2,1H3;1H2/t12-;/m1./s1. The molecule has 7 heteroatoms. The SMILES string of the molecule is CCOC(=O)C[C@@](N)(CF)c1cccc(F)c1F.S. The van der Waals surface area contributed by atoms with Gasteiger partial charge in [-0.05, 0) is 13.0 Å². The Morgan fingerprint density at radius 3 is 2.58 bits per heavy atom. The van der Waals surface area contributed by atoms with Crippen molar-refractivity contribution in [3.8, 4) is 0 Å². The second-order valence-corrected chi connectivity index (χ2v) is 3.87. The van der Waals surface area contributed by atoms with Crippen molar-refractivity contribution >= 4 is 19.5 Å². The summed E-state index contributed by atoms with van der Waals surface area (Å²) in [5, 5.41) is 0. The van der Waals surface area contributed by atoms with Crippen molar-refractivity contribution in [3.05, 3.63) is 35.4 Å². The van der Waals surface area contributed by atoms with Gasteiger partial charge in [-0.15, -0.1) is 0 Å². The highest BCUT2D eigenvalue weighted by Gasteiger charge is 2.34. The van der Waals surface area contributed by atoms with E-state index in [9.17, 15) is 18.0 Å². The largest absolute Gasteiger partial charge is 0.466 e. The second-order valence-electron chi connectivity index (χ2n) is 3.87. The summed E-state index contributed by atoms with van der Waals surface area (Å²) in [5.41, 5.74) is 3.34. The van der Waals surface area contributed by atoms with Crippen LogP contribution in [-0.4, -0.2) is 19.3 Å². The van der Waals surface area contributed by atoms with Gasteiger partial charge in [0.25, 0.3) is 0 Å². The maximum Gasteiger partial charge on any atom is 0.308 e. The smallest absolute Gasteiger partial charge is 0.308 e. The van der Waals surface area contributed by atoms with E-state index >= 15 is 0 Å². The van der Waals surface area contributed by atoms with Crippen molar-refractivity contribution in [2.75, 3.05) is 13.3 Å². The Balaban J connectivity index is 0.00000324. The first-order valence-corrected chi connectivity index (χ1v) is 5.39. The molecule has 0 saturated heterocycles. The lowest BCUT2D eigenvalue weighted by Gasteiger charge is -2.26. The van der Waals surface area contributed by atoms with E-state index in [0.717, 1.165) is 12.1 Å². The third-order valence-electron chi connectivity index (χ3n) is 2.49. The summed E-state index contributed by atoms with van der Waals surface area (Å²) in [4.78, 5) is 11.3. The van der Waals surface area contributed by atoms with Crippen LogP contribution >= 0.6 is 13.5 Å². The van der Waals surface area contributed by atoms with Gasteiger partial charge in [-0.2, -0.15) is 13.5 Å². The minimum absolute atomic E-state index is 0. The quantitative estimate of drug-likeness (QED) is 0.847. The molecule has 0 amide bonds. The molecule has 3 nitrogen and oxygen atoms in total. The lowest BCUT2D eigenvalue weighted by atomic mass is 9.88. The van der Waals surface area contributed by atoms with Crippen molar-refractivity contribution < 1.29 is 22.7 Å². The summed E-state index contributed by atoms with van der Waals surface area (Å²) in [6.07, 6.45) is -0.558. The Kier molecular flexibility index (Phi) is 6.93. The van der Waals surface area contributed by atoms with Crippen molar-refractivity contribution in [2.24, 2.45) is 5.73 Å². The van der Waals surface area contributed by atoms with Crippen LogP contribution in [0.1, 0.15) is 18.9 Å². The van der Waals surface area contributed by atoms with Crippen LogP contribution in [0.15, 0.2) is 18.2 Å². The van der Waals surface area contributed by atoms with E-state index < -0.39 is 36.2 Å². The third kappa shape index (κ3) is 4.14. The Labute approximate surface area is 116 Å². The van der Waals surface area contributed by atoms with E-state index in [4.69, 9.17) is 5.73 Å². The highest BCUT2D eigenvalue weighted by molar-refractivity contribution is 7.59. The molecule has 0 heterocycles. The fourth-order valence-corrected chi connectivity index (χ4v) is 1.57. The van der Waals surface area contributed by atoms with Crippen molar-refractivity contribution in [3.63, 3.8) is 0 Å². The zero-order valence-corrected chi connectivity index (χ0v) is 11.4. The van der Waals surface area contributed by atoms with Crippen LogP contribution in [0.25, 0.3) is 0 Å². The predicted octanol–water partition coefficient (Wildman–Crippen LogP) is 2.15. The van der Waals surface area contributed by atoms with Crippen LogP contribution < -0.4 is 5.73 Å². The van der Waals surface area contributed by atoms with Crippen molar-refractivity contribution in [1.82, 2.24) is 0 Å². The van der Waals surface area contributed by atoms with E-state index in [0.29, 0.717) is 0 Å². The van der Waals surface area contributed by atoms with Crippen LogP contribution in [-0.2, 0) is 15.1 Å².